The Hall–Kier alpha value is -5.96. The number of methoxy groups -OCH3 is 1. The van der Waals surface area contributed by atoms with E-state index in [-0.39, 0.29) is 12.8 Å². The zero-order chi connectivity index (χ0) is 43.1. The van der Waals surface area contributed by atoms with Crippen LogP contribution in [-0.4, -0.2) is 67.8 Å². The van der Waals surface area contributed by atoms with Gasteiger partial charge in [-0.1, -0.05) is 82.7 Å². The average molecular weight is 828 g/mol. The number of nitrogens with one attached hydrogen (secondary N) is 4. The molecule has 3 aromatic carbocycles. The number of fused-ring (bicyclic) bond motifs is 3. The zero-order valence-electron chi connectivity index (χ0n) is 34.7. The molecule has 15 heteroatoms. The van der Waals surface area contributed by atoms with Gasteiger partial charge in [-0.25, -0.2) is 18.2 Å². The topological polar surface area (TPSA) is 191 Å². The van der Waals surface area contributed by atoms with Crippen LogP contribution in [0.25, 0.3) is 22.2 Å². The zero-order valence-corrected chi connectivity index (χ0v) is 35.5. The minimum Gasteiger partial charge on any atom is -0.497 e. The summed E-state index contributed by atoms with van der Waals surface area (Å²) in [6.07, 6.45) is 2.92. The van der Waals surface area contributed by atoms with Crippen molar-refractivity contribution in [1.82, 2.24) is 25.7 Å². The van der Waals surface area contributed by atoms with E-state index in [1.54, 1.807) is 85.9 Å². The molecule has 1 aliphatic heterocycles. The van der Waals surface area contributed by atoms with Gasteiger partial charge in [0.05, 0.1) is 24.1 Å². The molecule has 14 nitrogen and oxygen atoms in total. The van der Waals surface area contributed by atoms with Crippen LogP contribution in [0.5, 0.6) is 17.2 Å². The maximum Gasteiger partial charge on any atom is 0.408 e. The quantitative estimate of drug-likeness (QED) is 0.133. The Morgan fingerprint density at radius 1 is 0.915 bits per heavy atom. The van der Waals surface area contributed by atoms with Crippen molar-refractivity contribution in [3.8, 4) is 28.5 Å². The van der Waals surface area contributed by atoms with E-state index in [0.717, 1.165) is 5.56 Å². The van der Waals surface area contributed by atoms with Crippen molar-refractivity contribution in [3.63, 3.8) is 0 Å². The number of hydrogen-bond donors (Lipinski definition) is 4. The molecule has 4 amide bonds. The molecule has 1 unspecified atom stereocenters. The van der Waals surface area contributed by atoms with Gasteiger partial charge < -0.3 is 30.2 Å². The second kappa shape index (κ2) is 18.3. The number of amides is 4. The summed E-state index contributed by atoms with van der Waals surface area (Å²) in [7, 11) is -2.56. The molecule has 0 fully saturated rings. The lowest BCUT2D eigenvalue weighted by Gasteiger charge is -2.33. The fourth-order valence-corrected chi connectivity index (χ4v) is 7.33. The van der Waals surface area contributed by atoms with Crippen LogP contribution >= 0.6 is 0 Å². The normalized spacial score (nSPS) is 18.3. The van der Waals surface area contributed by atoms with Crippen LogP contribution in [0.4, 0.5) is 4.79 Å². The van der Waals surface area contributed by atoms with E-state index in [0.29, 0.717) is 51.4 Å². The number of alkyl carbamates (subject to hydrolysis) is 1. The Bertz CT molecular complexity index is 2330. The van der Waals surface area contributed by atoms with E-state index in [1.165, 1.54) is 6.08 Å². The van der Waals surface area contributed by atoms with Crippen LogP contribution in [0.3, 0.4) is 0 Å². The number of rotatable bonds is 9. The van der Waals surface area contributed by atoms with Crippen molar-refractivity contribution >= 4 is 44.7 Å². The molecule has 0 radical (unpaired) electrons. The van der Waals surface area contributed by atoms with E-state index >= 15 is 0 Å². The number of sulfonamides is 1. The molecule has 1 aliphatic rings. The number of nitrogens with zero attached hydrogens (tertiary/aromatic N) is 1. The van der Waals surface area contributed by atoms with E-state index in [2.05, 4.69) is 20.7 Å². The number of ether oxygens (including phenoxy) is 3. The Morgan fingerprint density at radius 2 is 1.64 bits per heavy atom. The van der Waals surface area contributed by atoms with E-state index in [1.807, 2.05) is 48.5 Å². The van der Waals surface area contributed by atoms with Crippen LogP contribution in [0.2, 0.25) is 0 Å². The van der Waals surface area contributed by atoms with Gasteiger partial charge in [0.15, 0.2) is 0 Å². The third-order valence-electron chi connectivity index (χ3n) is 9.31. The summed E-state index contributed by atoms with van der Waals surface area (Å²) in [5, 5.41) is 8.82. The van der Waals surface area contributed by atoms with Crippen molar-refractivity contribution in [2.45, 2.75) is 91.5 Å². The molecule has 4 N–H and O–H groups in total. The number of allylic oxidation sites excluding steroid dienone is 1. The van der Waals surface area contributed by atoms with Gasteiger partial charge in [-0.3, -0.25) is 19.1 Å². The summed E-state index contributed by atoms with van der Waals surface area (Å²) in [5.41, 5.74) is 1.33. The van der Waals surface area contributed by atoms with Crippen molar-refractivity contribution < 1.29 is 41.8 Å². The summed E-state index contributed by atoms with van der Waals surface area (Å²) in [6, 6.07) is 18.1. The number of carbonyl (C=O) groups is 4. The maximum absolute atomic E-state index is 14.3. The van der Waals surface area contributed by atoms with E-state index < -0.39 is 68.7 Å². The van der Waals surface area contributed by atoms with Gasteiger partial charge >= 0.3 is 6.09 Å². The van der Waals surface area contributed by atoms with Gasteiger partial charge in [-0.15, -0.1) is 0 Å². The average Bonchev–Trinajstić information content (AvgIpc) is 3.16. The first-order valence-electron chi connectivity index (χ1n) is 19.4. The lowest BCUT2D eigenvalue weighted by Crippen LogP contribution is -2.57. The molecule has 1 aromatic heterocycles. The fourth-order valence-electron chi connectivity index (χ4n) is 6.41. The molecule has 59 heavy (non-hydrogen) atoms. The molecule has 5 rings (SSSR count). The Kier molecular flexibility index (Phi) is 13.7. The van der Waals surface area contributed by atoms with Gasteiger partial charge in [0, 0.05) is 23.1 Å². The smallest absolute Gasteiger partial charge is 0.408 e. The molecule has 0 spiro atoms. The molecule has 0 aliphatic carbocycles. The SMILES string of the molecule is CCC[C@@H]1NC(=O)C(NC(=O)[C@@H](NC(=O)OC(C)(C)C)C(C)(C)C)c2ccc(Oc3cc(-c4ccccc4)nc4cc(OC)ccc34)c(c2)C/C=C/CS(=O)(=O)NC1=O. The first-order chi connectivity index (χ1) is 27.8. The minimum atomic E-state index is -4.13. The van der Waals surface area contributed by atoms with Crippen LogP contribution in [0, 0.1) is 5.41 Å². The van der Waals surface area contributed by atoms with Crippen molar-refractivity contribution in [2.24, 2.45) is 5.41 Å². The van der Waals surface area contributed by atoms with Crippen LogP contribution < -0.4 is 30.1 Å². The summed E-state index contributed by atoms with van der Waals surface area (Å²) < 4.78 is 45.7. The standard InChI is InChI=1S/C44H53N5O9S/c1-9-15-32-39(50)49-59(54,55)23-14-13-18-28-24-29(37(40(51)46-32)47-41(52)38(43(2,3)4)48-42(53)58-44(5,6)7)19-22-35(28)57-36-26-33(27-16-11-10-12-17-27)45-34-25-30(56-8)20-21-31(34)36/h10-14,16-17,19-22,24-26,32,37-38H,9,15,18,23H2,1-8H3,(H,46,51)(H,47,52)(H,48,53)(H,49,50)/b14-13+/t32-,37?,38+/m0/s1. The summed E-state index contributed by atoms with van der Waals surface area (Å²) >= 11 is 0. The first-order valence-corrected chi connectivity index (χ1v) is 21.1. The second-order valence-electron chi connectivity index (χ2n) is 16.4. The molecule has 2 bridgehead atoms. The molecular formula is C44H53N5O9S. The van der Waals surface area contributed by atoms with E-state index in [9.17, 15) is 27.6 Å². The largest absolute Gasteiger partial charge is 0.497 e. The van der Waals surface area contributed by atoms with Crippen LogP contribution in [-0.2, 0) is 35.6 Å². The van der Waals surface area contributed by atoms with Crippen molar-refractivity contribution in [1.29, 1.82) is 0 Å². The predicted octanol–water partition coefficient (Wildman–Crippen LogP) is 6.64. The summed E-state index contributed by atoms with van der Waals surface area (Å²) in [5.74, 6) is -1.40. The van der Waals surface area contributed by atoms with Gasteiger partial charge in [0.2, 0.25) is 21.8 Å². The highest BCUT2D eigenvalue weighted by Crippen LogP contribution is 2.37. The Morgan fingerprint density at radius 3 is 2.31 bits per heavy atom. The highest BCUT2D eigenvalue weighted by molar-refractivity contribution is 7.90. The fraction of sp³-hybridized carbons (Fsp3) is 0.386. The monoisotopic (exact) mass is 827 g/mol. The molecule has 0 saturated heterocycles. The molecule has 3 atom stereocenters. The van der Waals surface area contributed by atoms with Gasteiger partial charge in [-0.05, 0) is 74.4 Å². The minimum absolute atomic E-state index is 0.114. The molecule has 0 saturated carbocycles. The number of benzene rings is 3. The van der Waals surface area contributed by atoms with Crippen LogP contribution in [0.15, 0.2) is 84.9 Å². The maximum atomic E-state index is 14.3. The molecule has 2 heterocycles. The first kappa shape index (κ1) is 44.1. The molecule has 314 valence electrons. The van der Waals surface area contributed by atoms with Crippen molar-refractivity contribution in [2.75, 3.05) is 12.9 Å². The third-order valence-corrected chi connectivity index (χ3v) is 10.5. The number of aromatic nitrogens is 1. The molecule has 4 aromatic rings. The lowest BCUT2D eigenvalue weighted by atomic mass is 9.86. The number of carbonyl (C=O) groups excluding carboxylic acids is 4. The summed E-state index contributed by atoms with van der Waals surface area (Å²) in [6.45, 7) is 12.1. The number of hydrogen-bond acceptors (Lipinski definition) is 10. The second-order valence-corrected chi connectivity index (χ2v) is 18.2. The summed E-state index contributed by atoms with van der Waals surface area (Å²) in [4.78, 5) is 59.6. The van der Waals surface area contributed by atoms with Gasteiger partial charge in [0.25, 0.3) is 5.91 Å². The van der Waals surface area contributed by atoms with Gasteiger partial charge in [0.1, 0.15) is 41.0 Å². The third kappa shape index (κ3) is 11.8. The van der Waals surface area contributed by atoms with E-state index in [4.69, 9.17) is 19.2 Å². The molecular weight excluding hydrogens is 775 g/mol. The van der Waals surface area contributed by atoms with Crippen LogP contribution in [0.1, 0.15) is 78.5 Å². The van der Waals surface area contributed by atoms with Gasteiger partial charge in [-0.2, -0.15) is 0 Å². The van der Waals surface area contributed by atoms with Crippen molar-refractivity contribution in [3.05, 3.63) is 96.1 Å². The highest BCUT2D eigenvalue weighted by Gasteiger charge is 2.37. The highest BCUT2D eigenvalue weighted by atomic mass is 32.2. The predicted molar refractivity (Wildman–Crippen MR) is 225 cm³/mol. The Labute approximate surface area is 345 Å². The number of pyridine rings is 1. The lowest BCUT2D eigenvalue weighted by molar-refractivity contribution is -0.133. The Balaban J connectivity index is 1.63.